The van der Waals surface area contributed by atoms with Gasteiger partial charge in [0.1, 0.15) is 18.8 Å². The van der Waals surface area contributed by atoms with Crippen LogP contribution in [0.25, 0.3) is 0 Å². The molecule has 0 spiro atoms. The van der Waals surface area contributed by atoms with Crippen molar-refractivity contribution in [3.63, 3.8) is 0 Å². The molecule has 1 rings (SSSR count). The zero-order chi connectivity index (χ0) is 17.1. The van der Waals surface area contributed by atoms with E-state index in [0.29, 0.717) is 18.8 Å². The fraction of sp³-hybridized carbons (Fsp3) is 0.667. The second kappa shape index (κ2) is 10.7. The molecule has 6 N–H and O–H groups in total. The smallest absolute Gasteiger partial charge is 0.342 e. The van der Waals surface area contributed by atoms with Gasteiger partial charge >= 0.3 is 11.8 Å². The standard InChI is InChI=1S/C6H9N3O3.C6H14N2O2/c1-5-7-4-6(9(11)12)8(5)2-3-10;7-4-2-1-3-5(8)6(9)10/h4,10H,2-3H2,1H3;5H,1-4,7-8H2,(H,9,10). The van der Waals surface area contributed by atoms with Crippen LogP contribution in [0.15, 0.2) is 6.20 Å². The summed E-state index contributed by atoms with van der Waals surface area (Å²) in [6, 6.07) is -0.716. The van der Waals surface area contributed by atoms with Crippen LogP contribution in [0, 0.1) is 17.0 Å². The summed E-state index contributed by atoms with van der Waals surface area (Å²) >= 11 is 0. The summed E-state index contributed by atoms with van der Waals surface area (Å²) in [5, 5.41) is 27.3. The van der Waals surface area contributed by atoms with E-state index in [1.807, 2.05) is 0 Å². The van der Waals surface area contributed by atoms with E-state index in [1.165, 1.54) is 10.8 Å². The molecule has 0 saturated carbocycles. The fourth-order valence-electron chi connectivity index (χ4n) is 1.61. The Labute approximate surface area is 127 Å². The number of nitrogens with two attached hydrogens (primary N) is 2. The van der Waals surface area contributed by atoms with Crippen molar-refractivity contribution in [3.8, 4) is 0 Å². The van der Waals surface area contributed by atoms with Crippen LogP contribution < -0.4 is 11.5 Å². The van der Waals surface area contributed by atoms with Gasteiger partial charge in [0.25, 0.3) is 0 Å². The van der Waals surface area contributed by atoms with Crippen LogP contribution in [0.3, 0.4) is 0 Å². The summed E-state index contributed by atoms with van der Waals surface area (Å²) in [6.07, 6.45) is 3.35. The summed E-state index contributed by atoms with van der Waals surface area (Å²) in [4.78, 5) is 23.8. The van der Waals surface area contributed by atoms with E-state index in [9.17, 15) is 14.9 Å². The topological polar surface area (TPSA) is 171 Å². The Morgan fingerprint density at radius 2 is 2.18 bits per heavy atom. The van der Waals surface area contributed by atoms with Crippen molar-refractivity contribution in [3.05, 3.63) is 22.1 Å². The highest BCUT2D eigenvalue weighted by Crippen LogP contribution is 2.12. The van der Waals surface area contributed by atoms with E-state index >= 15 is 0 Å². The van der Waals surface area contributed by atoms with E-state index in [1.54, 1.807) is 6.92 Å². The predicted octanol–water partition coefficient (Wildman–Crippen LogP) is -0.381. The molecule has 10 heteroatoms. The summed E-state index contributed by atoms with van der Waals surface area (Å²) < 4.78 is 1.36. The molecule has 1 aromatic rings. The number of rotatable bonds is 8. The van der Waals surface area contributed by atoms with Crippen molar-refractivity contribution in [1.29, 1.82) is 0 Å². The SMILES string of the molecule is Cc1ncc([N+](=O)[O-])n1CCO.NCCCCC(N)C(=O)O. The number of nitro groups is 1. The lowest BCUT2D eigenvalue weighted by Gasteiger charge is -2.03. The van der Waals surface area contributed by atoms with Gasteiger partial charge in [-0.3, -0.25) is 4.79 Å². The minimum atomic E-state index is -0.933. The third kappa shape index (κ3) is 7.11. The van der Waals surface area contributed by atoms with Crippen molar-refractivity contribution >= 4 is 11.8 Å². The Morgan fingerprint density at radius 1 is 1.55 bits per heavy atom. The maximum Gasteiger partial charge on any atom is 0.342 e. The first-order valence-electron chi connectivity index (χ1n) is 6.81. The molecular formula is C12H23N5O5. The van der Waals surface area contributed by atoms with Gasteiger partial charge in [-0.15, -0.1) is 0 Å². The molecule has 0 aliphatic rings. The molecule has 0 radical (unpaired) electrons. The number of aliphatic carboxylic acids is 1. The molecule has 1 aromatic heterocycles. The van der Waals surface area contributed by atoms with Gasteiger partial charge in [-0.2, -0.15) is 0 Å². The normalized spacial score (nSPS) is 11.5. The number of carbonyl (C=O) groups is 1. The van der Waals surface area contributed by atoms with Crippen LogP contribution >= 0.6 is 0 Å². The number of imidazole rings is 1. The van der Waals surface area contributed by atoms with E-state index < -0.39 is 16.9 Å². The average molecular weight is 317 g/mol. The van der Waals surface area contributed by atoms with Crippen molar-refractivity contribution < 1.29 is 19.9 Å². The number of nitrogens with zero attached hydrogens (tertiary/aromatic N) is 3. The van der Waals surface area contributed by atoms with Gasteiger partial charge in [0.05, 0.1) is 6.61 Å². The first kappa shape index (κ1) is 20.0. The maximum absolute atomic E-state index is 10.4. The molecule has 0 aliphatic carbocycles. The van der Waals surface area contributed by atoms with Gasteiger partial charge in [0, 0.05) is 6.92 Å². The summed E-state index contributed by atoms with van der Waals surface area (Å²) in [6.45, 7) is 2.34. The molecule has 0 fully saturated rings. The van der Waals surface area contributed by atoms with Crippen molar-refractivity contribution in [2.24, 2.45) is 11.5 Å². The first-order valence-corrected chi connectivity index (χ1v) is 6.81. The molecular weight excluding hydrogens is 294 g/mol. The van der Waals surface area contributed by atoms with E-state index in [0.717, 1.165) is 12.8 Å². The van der Waals surface area contributed by atoms with Gasteiger partial charge in [-0.05, 0) is 24.3 Å². The molecule has 1 heterocycles. The molecule has 0 bridgehead atoms. The van der Waals surface area contributed by atoms with Gasteiger partial charge in [-0.25, -0.2) is 9.55 Å². The van der Waals surface area contributed by atoms with Gasteiger partial charge in [0.2, 0.25) is 0 Å². The molecule has 0 amide bonds. The Bertz CT molecular complexity index is 476. The summed E-state index contributed by atoms with van der Waals surface area (Å²) in [5.41, 5.74) is 10.4. The third-order valence-electron chi connectivity index (χ3n) is 2.83. The van der Waals surface area contributed by atoms with E-state index in [4.69, 9.17) is 21.7 Å². The number of unbranched alkanes of at least 4 members (excludes halogenated alkanes) is 1. The zero-order valence-corrected chi connectivity index (χ0v) is 12.5. The maximum atomic E-state index is 10.4. The average Bonchev–Trinajstić information content (AvgIpc) is 2.82. The lowest BCUT2D eigenvalue weighted by atomic mass is 10.1. The lowest BCUT2D eigenvalue weighted by molar-refractivity contribution is -0.392. The number of aliphatic hydroxyl groups is 1. The molecule has 0 aliphatic heterocycles. The molecule has 1 unspecified atom stereocenters. The minimum absolute atomic E-state index is 0.0819. The van der Waals surface area contributed by atoms with Crippen molar-refractivity contribution in [1.82, 2.24) is 9.55 Å². The second-order valence-corrected chi connectivity index (χ2v) is 4.53. The van der Waals surface area contributed by atoms with Crippen LogP contribution in [0.4, 0.5) is 5.82 Å². The van der Waals surface area contributed by atoms with Crippen LogP contribution in [0.1, 0.15) is 25.1 Å². The second-order valence-electron chi connectivity index (χ2n) is 4.53. The Balaban J connectivity index is 0.000000409. The number of aryl methyl sites for hydroxylation is 1. The summed E-state index contributed by atoms with van der Waals surface area (Å²) in [5.74, 6) is -0.477. The summed E-state index contributed by atoms with van der Waals surface area (Å²) in [7, 11) is 0. The highest BCUT2D eigenvalue weighted by Gasteiger charge is 2.15. The molecule has 22 heavy (non-hydrogen) atoms. The van der Waals surface area contributed by atoms with E-state index in [2.05, 4.69) is 4.98 Å². The highest BCUT2D eigenvalue weighted by atomic mass is 16.6. The molecule has 0 saturated heterocycles. The van der Waals surface area contributed by atoms with Gasteiger partial charge < -0.3 is 31.8 Å². The minimum Gasteiger partial charge on any atom is -0.480 e. The lowest BCUT2D eigenvalue weighted by Crippen LogP contribution is -2.29. The van der Waals surface area contributed by atoms with Crippen LogP contribution in [0.2, 0.25) is 0 Å². The largest absolute Gasteiger partial charge is 0.480 e. The molecule has 0 aromatic carbocycles. The predicted molar refractivity (Wildman–Crippen MR) is 79.2 cm³/mol. The molecule has 10 nitrogen and oxygen atoms in total. The van der Waals surface area contributed by atoms with Gasteiger partial charge in [0.15, 0.2) is 5.82 Å². The highest BCUT2D eigenvalue weighted by molar-refractivity contribution is 5.72. The van der Waals surface area contributed by atoms with Gasteiger partial charge in [-0.1, -0.05) is 6.42 Å². The molecule has 1 atom stereocenters. The van der Waals surface area contributed by atoms with Crippen molar-refractivity contribution in [2.45, 2.75) is 38.8 Å². The van der Waals surface area contributed by atoms with Crippen LogP contribution in [0.5, 0.6) is 0 Å². The number of hydrogen-bond acceptors (Lipinski definition) is 7. The monoisotopic (exact) mass is 317 g/mol. The van der Waals surface area contributed by atoms with Crippen LogP contribution in [-0.2, 0) is 11.3 Å². The Kier molecular flexibility index (Phi) is 9.67. The number of carboxylic acid groups (broad SMARTS) is 1. The third-order valence-corrected chi connectivity index (χ3v) is 2.83. The quantitative estimate of drug-likeness (QED) is 0.285. The van der Waals surface area contributed by atoms with E-state index in [-0.39, 0.29) is 19.0 Å². The zero-order valence-electron chi connectivity index (χ0n) is 12.5. The molecule has 126 valence electrons. The van der Waals surface area contributed by atoms with Crippen molar-refractivity contribution in [2.75, 3.05) is 13.2 Å². The number of hydrogen-bond donors (Lipinski definition) is 4. The number of carboxylic acids is 1. The number of aromatic nitrogens is 2. The number of aliphatic hydroxyl groups excluding tert-OH is 1. The Morgan fingerprint density at radius 3 is 2.64 bits per heavy atom. The Hall–Kier alpha value is -2.04. The fourth-order valence-corrected chi connectivity index (χ4v) is 1.61. The van der Waals surface area contributed by atoms with Crippen LogP contribution in [-0.4, -0.2) is 49.9 Å². The first-order chi connectivity index (χ1) is 10.3.